The van der Waals surface area contributed by atoms with Crippen molar-refractivity contribution < 1.29 is 14.3 Å². The van der Waals surface area contributed by atoms with Gasteiger partial charge in [0, 0.05) is 17.9 Å². The third-order valence-electron chi connectivity index (χ3n) is 4.42. The van der Waals surface area contributed by atoms with E-state index in [0.29, 0.717) is 18.7 Å². The summed E-state index contributed by atoms with van der Waals surface area (Å²) in [6.07, 6.45) is 1.75. The van der Waals surface area contributed by atoms with E-state index in [1.165, 1.54) is 0 Å². The van der Waals surface area contributed by atoms with Gasteiger partial charge in [0.2, 0.25) is 5.90 Å². The van der Waals surface area contributed by atoms with Gasteiger partial charge < -0.3 is 9.53 Å². The number of hydrogen-bond donors (Lipinski definition) is 0. The van der Waals surface area contributed by atoms with Crippen LogP contribution in [0.5, 0.6) is 0 Å². The SMILES string of the molecule is CCC[C@]1([C@@H](CC(C)=O)C(C)C)N=C(c2ccccc2)OC1=O. The molecule has 0 N–H and O–H groups in total. The molecule has 2 rings (SSSR count). The van der Waals surface area contributed by atoms with Gasteiger partial charge in [-0.1, -0.05) is 45.4 Å². The highest BCUT2D eigenvalue weighted by atomic mass is 16.6. The molecule has 1 aliphatic heterocycles. The molecule has 4 heteroatoms. The molecule has 0 radical (unpaired) electrons. The summed E-state index contributed by atoms with van der Waals surface area (Å²) in [6, 6.07) is 9.45. The number of cyclic esters (lactones) is 1. The lowest BCUT2D eigenvalue weighted by Crippen LogP contribution is -2.45. The van der Waals surface area contributed by atoms with E-state index in [-0.39, 0.29) is 23.6 Å². The van der Waals surface area contributed by atoms with Gasteiger partial charge in [-0.2, -0.15) is 0 Å². The van der Waals surface area contributed by atoms with Crippen molar-refractivity contribution in [1.82, 2.24) is 0 Å². The van der Waals surface area contributed by atoms with Crippen molar-refractivity contribution in [2.75, 3.05) is 0 Å². The normalized spacial score (nSPS) is 22.0. The number of ether oxygens (including phenoxy) is 1. The molecule has 1 heterocycles. The van der Waals surface area contributed by atoms with Crippen molar-refractivity contribution in [3.8, 4) is 0 Å². The summed E-state index contributed by atoms with van der Waals surface area (Å²) in [7, 11) is 0. The lowest BCUT2D eigenvalue weighted by molar-refractivity contribution is -0.142. The zero-order valence-electron chi connectivity index (χ0n) is 14.3. The Kier molecular flexibility index (Phi) is 5.34. The van der Waals surface area contributed by atoms with Crippen LogP contribution in [0, 0.1) is 11.8 Å². The number of benzene rings is 1. The smallest absolute Gasteiger partial charge is 0.341 e. The molecular formula is C19H25NO3. The van der Waals surface area contributed by atoms with E-state index in [2.05, 4.69) is 0 Å². The third kappa shape index (κ3) is 3.52. The number of hydrogen-bond acceptors (Lipinski definition) is 4. The van der Waals surface area contributed by atoms with Crippen LogP contribution in [-0.2, 0) is 14.3 Å². The van der Waals surface area contributed by atoms with Gasteiger partial charge >= 0.3 is 5.97 Å². The first-order chi connectivity index (χ1) is 10.9. The van der Waals surface area contributed by atoms with Crippen molar-refractivity contribution in [1.29, 1.82) is 0 Å². The molecule has 0 unspecified atom stereocenters. The Bertz CT molecular complexity index is 606. The fourth-order valence-electron chi connectivity index (χ4n) is 3.35. The number of esters is 1. The van der Waals surface area contributed by atoms with Crippen molar-refractivity contribution in [2.45, 2.75) is 52.5 Å². The zero-order chi connectivity index (χ0) is 17.0. The quantitative estimate of drug-likeness (QED) is 0.720. The second kappa shape index (κ2) is 7.07. The number of rotatable bonds is 7. The average Bonchev–Trinajstić information content (AvgIpc) is 2.83. The molecule has 0 aromatic heterocycles. The highest BCUT2D eigenvalue weighted by Gasteiger charge is 2.52. The molecule has 0 bridgehead atoms. The number of nitrogens with zero attached hydrogens (tertiary/aromatic N) is 1. The minimum atomic E-state index is -0.945. The van der Waals surface area contributed by atoms with E-state index in [0.717, 1.165) is 12.0 Å². The topological polar surface area (TPSA) is 55.7 Å². The maximum absolute atomic E-state index is 12.7. The molecule has 0 saturated heterocycles. The maximum atomic E-state index is 12.7. The second-order valence-corrected chi connectivity index (χ2v) is 6.60. The van der Waals surface area contributed by atoms with Crippen molar-refractivity contribution in [3.63, 3.8) is 0 Å². The van der Waals surface area contributed by atoms with Gasteiger partial charge in [-0.15, -0.1) is 0 Å². The molecule has 0 fully saturated rings. The lowest BCUT2D eigenvalue weighted by Gasteiger charge is -2.33. The zero-order valence-corrected chi connectivity index (χ0v) is 14.3. The summed E-state index contributed by atoms with van der Waals surface area (Å²) in [5.74, 6) is 0.150. The Labute approximate surface area is 138 Å². The van der Waals surface area contributed by atoms with Gasteiger partial charge in [0.1, 0.15) is 5.78 Å². The Hall–Kier alpha value is -1.97. The first-order valence-corrected chi connectivity index (χ1v) is 8.27. The highest BCUT2D eigenvalue weighted by Crippen LogP contribution is 2.40. The molecule has 0 saturated carbocycles. The molecule has 4 nitrogen and oxygen atoms in total. The van der Waals surface area contributed by atoms with Crippen LogP contribution < -0.4 is 0 Å². The predicted molar refractivity (Wildman–Crippen MR) is 90.3 cm³/mol. The van der Waals surface area contributed by atoms with E-state index in [4.69, 9.17) is 9.73 Å². The molecule has 1 aromatic carbocycles. The van der Waals surface area contributed by atoms with Crippen LogP contribution in [0.2, 0.25) is 0 Å². The van der Waals surface area contributed by atoms with Gasteiger partial charge in [-0.25, -0.2) is 9.79 Å². The molecule has 2 atom stereocenters. The fraction of sp³-hybridized carbons (Fsp3) is 0.526. The van der Waals surface area contributed by atoms with E-state index >= 15 is 0 Å². The number of aliphatic imine (C=N–C) groups is 1. The van der Waals surface area contributed by atoms with Gasteiger partial charge in [0.05, 0.1) is 0 Å². The minimum Gasteiger partial charge on any atom is -0.405 e. The second-order valence-electron chi connectivity index (χ2n) is 6.60. The summed E-state index contributed by atoms with van der Waals surface area (Å²) in [6.45, 7) is 7.66. The molecule has 23 heavy (non-hydrogen) atoms. The van der Waals surface area contributed by atoms with Crippen LogP contribution in [0.1, 0.15) is 52.5 Å². The monoisotopic (exact) mass is 315 g/mol. The molecule has 124 valence electrons. The summed E-state index contributed by atoms with van der Waals surface area (Å²) < 4.78 is 5.53. The number of ketones is 1. The lowest BCUT2D eigenvalue weighted by atomic mass is 9.72. The Morgan fingerprint density at radius 2 is 1.91 bits per heavy atom. The third-order valence-corrected chi connectivity index (χ3v) is 4.42. The van der Waals surface area contributed by atoms with Gasteiger partial charge in [0.25, 0.3) is 0 Å². The maximum Gasteiger partial charge on any atom is 0.341 e. The summed E-state index contributed by atoms with van der Waals surface area (Å²) in [5, 5.41) is 0. The summed E-state index contributed by atoms with van der Waals surface area (Å²) in [5.41, 5.74) is -0.149. The molecule has 0 spiro atoms. The molecule has 1 aliphatic rings. The van der Waals surface area contributed by atoms with Crippen molar-refractivity contribution >= 4 is 17.7 Å². The van der Waals surface area contributed by atoms with E-state index in [9.17, 15) is 9.59 Å². The van der Waals surface area contributed by atoms with Gasteiger partial charge in [-0.3, -0.25) is 0 Å². The van der Waals surface area contributed by atoms with Crippen LogP contribution in [0.25, 0.3) is 0 Å². The Morgan fingerprint density at radius 3 is 2.43 bits per heavy atom. The highest BCUT2D eigenvalue weighted by molar-refractivity contribution is 6.08. The number of carbonyl (C=O) groups excluding carboxylic acids is 2. The number of carbonyl (C=O) groups is 2. The van der Waals surface area contributed by atoms with E-state index in [1.54, 1.807) is 6.92 Å². The molecule has 0 amide bonds. The van der Waals surface area contributed by atoms with Crippen molar-refractivity contribution in [3.05, 3.63) is 35.9 Å². The number of Topliss-reactive ketones (excluding diaryl/α,β-unsaturated/α-hetero) is 1. The summed E-state index contributed by atoms with van der Waals surface area (Å²) in [4.78, 5) is 29.2. The average molecular weight is 315 g/mol. The van der Waals surface area contributed by atoms with E-state index < -0.39 is 5.54 Å². The largest absolute Gasteiger partial charge is 0.405 e. The van der Waals surface area contributed by atoms with Crippen LogP contribution in [-0.4, -0.2) is 23.2 Å². The van der Waals surface area contributed by atoms with Crippen LogP contribution >= 0.6 is 0 Å². The van der Waals surface area contributed by atoms with Crippen LogP contribution in [0.4, 0.5) is 0 Å². The van der Waals surface area contributed by atoms with Crippen molar-refractivity contribution in [2.24, 2.45) is 16.8 Å². The fourth-order valence-corrected chi connectivity index (χ4v) is 3.35. The van der Waals surface area contributed by atoms with Crippen LogP contribution in [0.3, 0.4) is 0 Å². The van der Waals surface area contributed by atoms with Gasteiger partial charge in [0.15, 0.2) is 5.54 Å². The predicted octanol–water partition coefficient (Wildman–Crippen LogP) is 3.78. The molecular weight excluding hydrogens is 290 g/mol. The Balaban J connectivity index is 2.48. The minimum absolute atomic E-state index is 0.0790. The Morgan fingerprint density at radius 1 is 1.26 bits per heavy atom. The van der Waals surface area contributed by atoms with Crippen LogP contribution in [0.15, 0.2) is 35.3 Å². The first kappa shape index (κ1) is 17.4. The summed E-state index contributed by atoms with van der Waals surface area (Å²) >= 11 is 0. The molecule has 1 aromatic rings. The molecule has 0 aliphatic carbocycles. The standard InChI is InChI=1S/C19H25NO3/c1-5-11-19(16(13(2)3)12-14(4)21)18(22)23-17(20-19)15-9-7-6-8-10-15/h6-10,13,16H,5,11-12H2,1-4H3/t16-,19+/m0/s1. The first-order valence-electron chi connectivity index (χ1n) is 8.27. The van der Waals surface area contributed by atoms with E-state index in [1.807, 2.05) is 51.1 Å². The van der Waals surface area contributed by atoms with Gasteiger partial charge in [-0.05, 0) is 31.4 Å².